The van der Waals surface area contributed by atoms with Crippen molar-refractivity contribution in [2.75, 3.05) is 31.0 Å². The van der Waals surface area contributed by atoms with Crippen molar-refractivity contribution in [2.24, 2.45) is 0 Å². The Morgan fingerprint density at radius 3 is 2.34 bits per heavy atom. The van der Waals surface area contributed by atoms with Crippen LogP contribution in [0, 0.1) is 0 Å². The Morgan fingerprint density at radius 1 is 1.03 bits per heavy atom. The minimum atomic E-state index is -0.410. The lowest BCUT2D eigenvalue weighted by atomic mass is 10.1. The second-order valence-corrected chi connectivity index (χ2v) is 6.68. The Morgan fingerprint density at radius 2 is 1.72 bits per heavy atom. The lowest BCUT2D eigenvalue weighted by molar-refractivity contribution is -0.117. The predicted octanol–water partition coefficient (Wildman–Crippen LogP) is 2.83. The highest BCUT2D eigenvalue weighted by Gasteiger charge is 2.32. The molecule has 3 rings (SSSR count). The molecule has 0 radical (unpaired) electrons. The maximum absolute atomic E-state index is 12.4. The number of nitrogens with zero attached hydrogens (tertiary/aromatic N) is 1. The van der Waals surface area contributed by atoms with E-state index >= 15 is 0 Å². The van der Waals surface area contributed by atoms with Crippen molar-refractivity contribution in [2.45, 2.75) is 19.4 Å². The molecule has 0 bridgehead atoms. The third-order valence-corrected chi connectivity index (χ3v) is 4.69. The molecule has 152 valence electrons. The summed E-state index contributed by atoms with van der Waals surface area (Å²) in [5.41, 5.74) is 1.81. The van der Waals surface area contributed by atoms with E-state index in [2.05, 4.69) is 10.6 Å². The molecule has 0 aromatic heterocycles. The SMILES string of the molecule is COc1ccc(N2C[C@H](NC(=O)Nc3ccc(C(C)=O)cc3)CC2=O)cc1OC. The number of hydrogen-bond donors (Lipinski definition) is 2. The second-order valence-electron chi connectivity index (χ2n) is 6.68. The van der Waals surface area contributed by atoms with Gasteiger partial charge in [0.25, 0.3) is 0 Å². The molecule has 1 fully saturated rings. The van der Waals surface area contributed by atoms with Gasteiger partial charge in [-0.3, -0.25) is 9.59 Å². The molecule has 1 atom stereocenters. The Bertz CT molecular complexity index is 926. The van der Waals surface area contributed by atoms with Crippen molar-refractivity contribution in [3.05, 3.63) is 48.0 Å². The number of urea groups is 1. The van der Waals surface area contributed by atoms with Crippen LogP contribution in [-0.2, 0) is 4.79 Å². The number of hydrogen-bond acceptors (Lipinski definition) is 5. The number of carbonyl (C=O) groups is 3. The largest absolute Gasteiger partial charge is 0.493 e. The molecule has 0 spiro atoms. The molecule has 29 heavy (non-hydrogen) atoms. The van der Waals surface area contributed by atoms with Gasteiger partial charge in [0.2, 0.25) is 5.91 Å². The smallest absolute Gasteiger partial charge is 0.319 e. The molecule has 1 aliphatic rings. The molecule has 1 aliphatic heterocycles. The first-order chi connectivity index (χ1) is 13.9. The van der Waals surface area contributed by atoms with Crippen LogP contribution in [0.1, 0.15) is 23.7 Å². The van der Waals surface area contributed by atoms with E-state index in [1.54, 1.807) is 54.5 Å². The van der Waals surface area contributed by atoms with Crippen LogP contribution in [-0.4, -0.2) is 44.5 Å². The van der Waals surface area contributed by atoms with Gasteiger partial charge in [-0.25, -0.2) is 4.79 Å². The molecule has 2 N–H and O–H groups in total. The maximum atomic E-state index is 12.4. The van der Waals surface area contributed by atoms with Crippen LogP contribution in [0.3, 0.4) is 0 Å². The molecule has 2 aromatic carbocycles. The van der Waals surface area contributed by atoms with Crippen molar-refractivity contribution >= 4 is 29.1 Å². The van der Waals surface area contributed by atoms with E-state index in [0.717, 1.165) is 0 Å². The van der Waals surface area contributed by atoms with E-state index in [-0.39, 0.29) is 24.2 Å². The van der Waals surface area contributed by atoms with Crippen LogP contribution in [0.5, 0.6) is 11.5 Å². The molecule has 2 aromatic rings. The monoisotopic (exact) mass is 397 g/mol. The molecule has 0 unspecified atom stereocenters. The number of amides is 3. The zero-order valence-corrected chi connectivity index (χ0v) is 16.5. The Balaban J connectivity index is 1.61. The first-order valence-electron chi connectivity index (χ1n) is 9.12. The summed E-state index contributed by atoms with van der Waals surface area (Å²) < 4.78 is 10.5. The summed E-state index contributed by atoms with van der Waals surface area (Å²) in [5.74, 6) is 0.975. The fourth-order valence-electron chi connectivity index (χ4n) is 3.19. The quantitative estimate of drug-likeness (QED) is 0.731. The number of rotatable bonds is 6. The van der Waals surface area contributed by atoms with E-state index in [9.17, 15) is 14.4 Å². The minimum absolute atomic E-state index is 0.0410. The molecule has 1 saturated heterocycles. The minimum Gasteiger partial charge on any atom is -0.493 e. The van der Waals surface area contributed by atoms with E-state index in [1.165, 1.54) is 14.0 Å². The van der Waals surface area contributed by atoms with E-state index in [0.29, 0.717) is 35.0 Å². The number of ketones is 1. The molecule has 8 heteroatoms. The first kappa shape index (κ1) is 20.2. The Kier molecular flexibility index (Phi) is 6.01. The van der Waals surface area contributed by atoms with Gasteiger partial charge in [-0.15, -0.1) is 0 Å². The molecule has 8 nitrogen and oxygen atoms in total. The van der Waals surface area contributed by atoms with Gasteiger partial charge in [0, 0.05) is 36.0 Å². The Hall–Kier alpha value is -3.55. The van der Waals surface area contributed by atoms with Gasteiger partial charge in [-0.2, -0.15) is 0 Å². The molecule has 0 saturated carbocycles. The standard InChI is InChI=1S/C21H23N3O5/c1-13(25)14-4-6-15(7-5-14)22-21(27)23-16-10-20(26)24(12-16)17-8-9-18(28-2)19(11-17)29-3/h4-9,11,16H,10,12H2,1-3H3,(H2,22,23,27)/t16-/m1/s1. The first-order valence-corrected chi connectivity index (χ1v) is 9.12. The van der Waals surface area contributed by atoms with Crippen molar-refractivity contribution in [3.63, 3.8) is 0 Å². The zero-order valence-electron chi connectivity index (χ0n) is 16.5. The topological polar surface area (TPSA) is 97.0 Å². The number of ether oxygens (including phenoxy) is 2. The summed E-state index contributed by atoms with van der Waals surface area (Å²) in [5, 5.41) is 5.52. The molecular weight excluding hydrogens is 374 g/mol. The van der Waals surface area contributed by atoms with Crippen molar-refractivity contribution in [1.82, 2.24) is 5.32 Å². The molecule has 1 heterocycles. The van der Waals surface area contributed by atoms with Crippen molar-refractivity contribution in [1.29, 1.82) is 0 Å². The lowest BCUT2D eigenvalue weighted by Gasteiger charge is -2.19. The number of carbonyl (C=O) groups excluding carboxylic acids is 3. The number of anilines is 2. The highest BCUT2D eigenvalue weighted by Crippen LogP contribution is 2.33. The fourth-order valence-corrected chi connectivity index (χ4v) is 3.19. The van der Waals surface area contributed by atoms with Gasteiger partial charge in [0.15, 0.2) is 17.3 Å². The number of nitrogens with one attached hydrogen (secondary N) is 2. The molecular formula is C21H23N3O5. The number of Topliss-reactive ketones (excluding diaryl/α,β-unsaturated/α-hetero) is 1. The molecule has 3 amide bonds. The Labute approximate surface area is 168 Å². The van der Waals surface area contributed by atoms with Crippen LogP contribution in [0.25, 0.3) is 0 Å². The highest BCUT2D eigenvalue weighted by atomic mass is 16.5. The van der Waals surface area contributed by atoms with Crippen LogP contribution >= 0.6 is 0 Å². The average Bonchev–Trinajstić information content (AvgIpc) is 3.07. The average molecular weight is 397 g/mol. The summed E-state index contributed by atoms with van der Waals surface area (Å²) in [6.07, 6.45) is 0.199. The summed E-state index contributed by atoms with van der Waals surface area (Å²) in [6.45, 7) is 1.83. The third-order valence-electron chi connectivity index (χ3n) is 4.69. The van der Waals surface area contributed by atoms with Crippen molar-refractivity contribution < 1.29 is 23.9 Å². The normalized spacial score (nSPS) is 15.8. The van der Waals surface area contributed by atoms with Gasteiger partial charge in [-0.05, 0) is 43.3 Å². The maximum Gasteiger partial charge on any atom is 0.319 e. The summed E-state index contributed by atoms with van der Waals surface area (Å²) in [6, 6.07) is 11.1. The van der Waals surface area contributed by atoms with Gasteiger partial charge in [-0.1, -0.05) is 0 Å². The lowest BCUT2D eigenvalue weighted by Crippen LogP contribution is -2.39. The number of benzene rings is 2. The zero-order chi connectivity index (χ0) is 21.0. The van der Waals surface area contributed by atoms with Gasteiger partial charge in [0.05, 0.1) is 20.3 Å². The van der Waals surface area contributed by atoms with Gasteiger partial charge >= 0.3 is 6.03 Å². The van der Waals surface area contributed by atoms with Crippen LogP contribution in [0.15, 0.2) is 42.5 Å². The van der Waals surface area contributed by atoms with Crippen molar-refractivity contribution in [3.8, 4) is 11.5 Å². The summed E-state index contributed by atoms with van der Waals surface area (Å²) in [7, 11) is 3.08. The predicted molar refractivity (Wildman–Crippen MR) is 109 cm³/mol. The number of methoxy groups -OCH3 is 2. The summed E-state index contributed by atoms with van der Waals surface area (Å²) in [4.78, 5) is 37.6. The molecule has 0 aliphatic carbocycles. The van der Waals surface area contributed by atoms with Gasteiger partial charge < -0.3 is 25.0 Å². The van der Waals surface area contributed by atoms with E-state index < -0.39 is 6.03 Å². The fraction of sp³-hybridized carbons (Fsp3) is 0.286. The second kappa shape index (κ2) is 8.64. The third kappa shape index (κ3) is 4.66. The van der Waals surface area contributed by atoms with Crippen LogP contribution in [0.4, 0.5) is 16.2 Å². The highest BCUT2D eigenvalue weighted by molar-refractivity contribution is 5.98. The van der Waals surface area contributed by atoms with E-state index in [4.69, 9.17) is 9.47 Å². The van der Waals surface area contributed by atoms with E-state index in [1.807, 2.05) is 0 Å². The van der Waals surface area contributed by atoms with Gasteiger partial charge in [0.1, 0.15) is 0 Å². The van der Waals surface area contributed by atoms with Crippen LogP contribution in [0.2, 0.25) is 0 Å². The van der Waals surface area contributed by atoms with Crippen LogP contribution < -0.4 is 25.0 Å². The summed E-state index contributed by atoms with van der Waals surface area (Å²) >= 11 is 0.